The van der Waals surface area contributed by atoms with Gasteiger partial charge in [0.05, 0.1) is 5.69 Å². The summed E-state index contributed by atoms with van der Waals surface area (Å²) in [7, 11) is 0. The number of rotatable bonds is 5. The van der Waals surface area contributed by atoms with Crippen molar-refractivity contribution in [1.82, 2.24) is 9.38 Å². The van der Waals surface area contributed by atoms with E-state index in [1.165, 1.54) is 9.96 Å². The number of nitrogens with zero attached hydrogens (tertiary/aromatic N) is 2. The van der Waals surface area contributed by atoms with E-state index in [4.69, 9.17) is 0 Å². The van der Waals surface area contributed by atoms with E-state index in [9.17, 15) is 9.59 Å². The number of pyridine rings is 1. The van der Waals surface area contributed by atoms with Crippen LogP contribution in [-0.4, -0.2) is 15.3 Å². The normalized spacial score (nSPS) is 10.8. The fraction of sp³-hybridized carbons (Fsp3) is 0.250. The van der Waals surface area contributed by atoms with Gasteiger partial charge in [-0.2, -0.15) is 0 Å². The van der Waals surface area contributed by atoms with Gasteiger partial charge in [0.25, 0.3) is 5.56 Å². The number of hydrogen-bond donors (Lipinski definition) is 1. The summed E-state index contributed by atoms with van der Waals surface area (Å²) in [6, 6.07) is 13.7. The van der Waals surface area contributed by atoms with Gasteiger partial charge in [-0.25, -0.2) is 4.98 Å². The Morgan fingerprint density at radius 3 is 2.64 bits per heavy atom. The van der Waals surface area contributed by atoms with Crippen LogP contribution in [-0.2, 0) is 11.2 Å². The molecule has 5 heteroatoms. The van der Waals surface area contributed by atoms with Crippen LogP contribution in [0.3, 0.4) is 0 Å². The van der Waals surface area contributed by atoms with Crippen molar-refractivity contribution in [2.45, 2.75) is 33.1 Å². The molecule has 1 aromatic carbocycles. The van der Waals surface area contributed by atoms with Gasteiger partial charge in [0.15, 0.2) is 0 Å². The zero-order valence-corrected chi connectivity index (χ0v) is 14.5. The van der Waals surface area contributed by atoms with Crippen molar-refractivity contribution in [3.63, 3.8) is 0 Å². The lowest BCUT2D eigenvalue weighted by atomic mass is 10.1. The van der Waals surface area contributed by atoms with Gasteiger partial charge >= 0.3 is 0 Å². The molecule has 0 fully saturated rings. The second-order valence-corrected chi connectivity index (χ2v) is 6.15. The Hall–Kier alpha value is -2.95. The lowest BCUT2D eigenvalue weighted by molar-refractivity contribution is -0.116. The Balaban J connectivity index is 1.72. The van der Waals surface area contributed by atoms with Crippen LogP contribution in [0.4, 0.5) is 5.69 Å². The molecule has 0 unspecified atom stereocenters. The second kappa shape index (κ2) is 7.30. The molecule has 0 radical (unpaired) electrons. The fourth-order valence-corrected chi connectivity index (χ4v) is 2.85. The molecule has 128 valence electrons. The first-order valence-corrected chi connectivity index (χ1v) is 8.38. The quantitative estimate of drug-likeness (QED) is 0.778. The summed E-state index contributed by atoms with van der Waals surface area (Å²) < 4.78 is 1.47. The smallest absolute Gasteiger partial charge is 0.281 e. The SMILES string of the molecule is Cc1nc2c(C)cccn2c(=O)c1NC(=O)CCCc1ccccc1. The minimum absolute atomic E-state index is 0.162. The first-order valence-electron chi connectivity index (χ1n) is 8.38. The van der Waals surface area contributed by atoms with E-state index >= 15 is 0 Å². The highest BCUT2D eigenvalue weighted by atomic mass is 16.2. The third kappa shape index (κ3) is 3.76. The minimum Gasteiger partial charge on any atom is -0.320 e. The lowest BCUT2D eigenvalue weighted by Crippen LogP contribution is -2.25. The number of fused-ring (bicyclic) bond motifs is 1. The molecule has 2 heterocycles. The van der Waals surface area contributed by atoms with E-state index in [0.717, 1.165) is 18.4 Å². The third-order valence-corrected chi connectivity index (χ3v) is 4.21. The Morgan fingerprint density at radius 2 is 1.88 bits per heavy atom. The van der Waals surface area contributed by atoms with Gasteiger partial charge in [0.1, 0.15) is 11.3 Å². The van der Waals surface area contributed by atoms with E-state index in [0.29, 0.717) is 17.8 Å². The van der Waals surface area contributed by atoms with Crippen molar-refractivity contribution in [2.24, 2.45) is 0 Å². The Bertz CT molecular complexity index is 962. The highest BCUT2D eigenvalue weighted by molar-refractivity contribution is 5.91. The minimum atomic E-state index is -0.248. The van der Waals surface area contributed by atoms with Crippen molar-refractivity contribution in [3.05, 3.63) is 75.8 Å². The monoisotopic (exact) mass is 335 g/mol. The van der Waals surface area contributed by atoms with Crippen LogP contribution in [0.2, 0.25) is 0 Å². The van der Waals surface area contributed by atoms with Crippen LogP contribution in [0.1, 0.15) is 29.7 Å². The molecule has 0 atom stereocenters. The molecule has 0 saturated heterocycles. The van der Waals surface area contributed by atoms with Crippen LogP contribution in [0.25, 0.3) is 5.65 Å². The maximum absolute atomic E-state index is 12.6. The van der Waals surface area contributed by atoms with E-state index < -0.39 is 0 Å². The number of amides is 1. The molecule has 0 aliphatic carbocycles. The van der Waals surface area contributed by atoms with Crippen molar-refractivity contribution in [2.75, 3.05) is 5.32 Å². The zero-order chi connectivity index (χ0) is 17.8. The van der Waals surface area contributed by atoms with E-state index in [-0.39, 0.29) is 17.2 Å². The van der Waals surface area contributed by atoms with Crippen LogP contribution < -0.4 is 10.9 Å². The summed E-state index contributed by atoms with van der Waals surface area (Å²) in [6.45, 7) is 3.65. The van der Waals surface area contributed by atoms with Gasteiger partial charge < -0.3 is 5.32 Å². The molecule has 0 aliphatic heterocycles. The van der Waals surface area contributed by atoms with Crippen LogP contribution in [0.15, 0.2) is 53.5 Å². The number of hydrogen-bond acceptors (Lipinski definition) is 3. The molecular formula is C20H21N3O2. The average molecular weight is 335 g/mol. The largest absolute Gasteiger partial charge is 0.320 e. The number of anilines is 1. The summed E-state index contributed by atoms with van der Waals surface area (Å²) in [6.07, 6.45) is 3.60. The molecule has 0 spiro atoms. The Kier molecular flexibility index (Phi) is 4.93. The molecule has 1 amide bonds. The summed E-state index contributed by atoms with van der Waals surface area (Å²) in [4.78, 5) is 29.3. The van der Waals surface area contributed by atoms with Gasteiger partial charge in [-0.15, -0.1) is 0 Å². The maximum Gasteiger partial charge on any atom is 0.281 e. The molecule has 0 bridgehead atoms. The first-order chi connectivity index (χ1) is 12.1. The Morgan fingerprint density at radius 1 is 1.12 bits per heavy atom. The molecular weight excluding hydrogens is 314 g/mol. The molecule has 0 aliphatic rings. The number of aromatic nitrogens is 2. The lowest BCUT2D eigenvalue weighted by Gasteiger charge is -2.10. The second-order valence-electron chi connectivity index (χ2n) is 6.15. The number of carbonyl (C=O) groups is 1. The highest BCUT2D eigenvalue weighted by Gasteiger charge is 2.13. The predicted octanol–water partition coefficient (Wildman–Crippen LogP) is 3.27. The van der Waals surface area contributed by atoms with Gasteiger partial charge in [-0.3, -0.25) is 14.0 Å². The fourth-order valence-electron chi connectivity index (χ4n) is 2.85. The van der Waals surface area contributed by atoms with Gasteiger partial charge in [0.2, 0.25) is 5.91 Å². The zero-order valence-electron chi connectivity index (χ0n) is 14.5. The van der Waals surface area contributed by atoms with Crippen LogP contribution in [0.5, 0.6) is 0 Å². The Labute approximate surface area is 146 Å². The van der Waals surface area contributed by atoms with Crippen molar-refractivity contribution < 1.29 is 4.79 Å². The summed E-state index contributed by atoms with van der Waals surface area (Å²) in [5.74, 6) is -0.162. The number of nitrogens with one attached hydrogen (secondary N) is 1. The van der Waals surface area contributed by atoms with Crippen molar-refractivity contribution >= 4 is 17.2 Å². The van der Waals surface area contributed by atoms with Crippen molar-refractivity contribution in [1.29, 1.82) is 0 Å². The third-order valence-electron chi connectivity index (χ3n) is 4.21. The average Bonchev–Trinajstić information content (AvgIpc) is 2.61. The number of aryl methyl sites for hydroxylation is 3. The number of carbonyl (C=O) groups excluding carboxylic acids is 1. The van der Waals surface area contributed by atoms with Crippen molar-refractivity contribution in [3.8, 4) is 0 Å². The summed E-state index contributed by atoms with van der Waals surface area (Å²) in [5.41, 5.74) is 3.29. The summed E-state index contributed by atoms with van der Waals surface area (Å²) in [5, 5.41) is 2.74. The van der Waals surface area contributed by atoms with Gasteiger partial charge in [0, 0.05) is 12.6 Å². The van der Waals surface area contributed by atoms with E-state index in [2.05, 4.69) is 10.3 Å². The molecule has 2 aromatic heterocycles. The predicted molar refractivity (Wildman–Crippen MR) is 98.9 cm³/mol. The van der Waals surface area contributed by atoms with E-state index in [1.807, 2.05) is 43.3 Å². The van der Waals surface area contributed by atoms with Crippen LogP contribution in [0, 0.1) is 13.8 Å². The summed E-state index contributed by atoms with van der Waals surface area (Å²) >= 11 is 0. The molecule has 1 N–H and O–H groups in total. The molecule has 25 heavy (non-hydrogen) atoms. The molecule has 3 aromatic rings. The van der Waals surface area contributed by atoms with Crippen LogP contribution >= 0.6 is 0 Å². The molecule has 3 rings (SSSR count). The van der Waals surface area contributed by atoms with Gasteiger partial charge in [-0.1, -0.05) is 36.4 Å². The molecule has 5 nitrogen and oxygen atoms in total. The first kappa shape index (κ1) is 16.9. The van der Waals surface area contributed by atoms with Gasteiger partial charge in [-0.05, 0) is 43.9 Å². The topological polar surface area (TPSA) is 63.5 Å². The maximum atomic E-state index is 12.6. The highest BCUT2D eigenvalue weighted by Crippen LogP contribution is 2.12. The van der Waals surface area contributed by atoms with E-state index in [1.54, 1.807) is 19.2 Å². The number of benzene rings is 1. The molecule has 0 saturated carbocycles. The standard InChI is InChI=1S/C20H21N3O2/c1-14-8-7-13-23-19(14)21-15(2)18(20(23)25)22-17(24)12-6-11-16-9-4-3-5-10-16/h3-5,7-10,13H,6,11-12H2,1-2H3,(H,22,24).